The molecule has 5 heteroatoms. The first kappa shape index (κ1) is 14.3. The quantitative estimate of drug-likeness (QED) is 0.860. The summed E-state index contributed by atoms with van der Waals surface area (Å²) in [5.74, 6) is -0.251. The Hall–Kier alpha value is -1.73. The van der Waals surface area contributed by atoms with Gasteiger partial charge in [0.25, 0.3) is 5.91 Å². The first-order chi connectivity index (χ1) is 8.62. The summed E-state index contributed by atoms with van der Waals surface area (Å²) in [4.78, 5) is 12.0. The average molecular weight is 266 g/mol. The molecule has 0 radical (unpaired) electrons. The number of hydrogen-bond donors (Lipinski definition) is 2. The number of nitrogens with one attached hydrogen (secondary N) is 2. The molecular weight excluding hydrogens is 250 g/mol. The molecule has 0 unspecified atom stereocenters. The molecule has 1 aromatic rings. The van der Waals surface area contributed by atoms with Crippen LogP contribution in [0.15, 0.2) is 18.2 Å². The molecule has 0 aliphatic heterocycles. The van der Waals surface area contributed by atoms with E-state index in [0.29, 0.717) is 23.4 Å². The summed E-state index contributed by atoms with van der Waals surface area (Å²) in [6.07, 6.45) is 1.01. The maximum atomic E-state index is 12.0. The van der Waals surface area contributed by atoms with Gasteiger partial charge in [-0.15, -0.1) is 0 Å². The van der Waals surface area contributed by atoms with E-state index in [4.69, 9.17) is 16.9 Å². The fourth-order valence-corrected chi connectivity index (χ4v) is 1.73. The lowest BCUT2D eigenvalue weighted by molar-refractivity contribution is 0.0937. The summed E-state index contributed by atoms with van der Waals surface area (Å²) in [5.41, 5.74) is 1.23. The van der Waals surface area contributed by atoms with Crippen molar-refractivity contribution in [1.82, 2.24) is 5.32 Å². The molecule has 1 amide bonds. The Morgan fingerprint density at radius 3 is 2.83 bits per heavy atom. The molecule has 0 heterocycles. The summed E-state index contributed by atoms with van der Waals surface area (Å²) in [6, 6.07) is 7.07. The highest BCUT2D eigenvalue weighted by atomic mass is 35.5. The SMILES string of the molecule is CC[C@H](CC#N)NC(=O)c1cc(NC)ccc1Cl. The lowest BCUT2D eigenvalue weighted by Crippen LogP contribution is -2.34. The van der Waals surface area contributed by atoms with Crippen molar-refractivity contribution in [2.24, 2.45) is 0 Å². The molecule has 96 valence electrons. The van der Waals surface area contributed by atoms with Crippen LogP contribution in [0.25, 0.3) is 0 Å². The van der Waals surface area contributed by atoms with E-state index in [0.717, 1.165) is 5.69 Å². The lowest BCUT2D eigenvalue weighted by atomic mass is 10.1. The molecule has 0 fully saturated rings. The number of nitriles is 1. The molecule has 1 atom stereocenters. The van der Waals surface area contributed by atoms with Crippen LogP contribution in [0.1, 0.15) is 30.1 Å². The standard InChI is InChI=1S/C13H16ClN3O/c1-3-9(6-7-15)17-13(18)11-8-10(16-2)4-5-12(11)14/h4-5,8-9,16H,3,6H2,1-2H3,(H,17,18)/t9-/m1/s1. The van der Waals surface area contributed by atoms with E-state index in [1.54, 1.807) is 25.2 Å². The third-order valence-corrected chi connectivity index (χ3v) is 2.99. The van der Waals surface area contributed by atoms with Gasteiger partial charge in [0, 0.05) is 18.8 Å². The van der Waals surface area contributed by atoms with Gasteiger partial charge < -0.3 is 10.6 Å². The molecule has 0 spiro atoms. The molecule has 0 aliphatic carbocycles. The predicted octanol–water partition coefficient (Wildman–Crippen LogP) is 2.80. The minimum Gasteiger partial charge on any atom is -0.388 e. The van der Waals surface area contributed by atoms with Crippen LogP contribution in [-0.2, 0) is 0 Å². The highest BCUT2D eigenvalue weighted by Crippen LogP contribution is 2.20. The molecule has 0 aromatic heterocycles. The van der Waals surface area contributed by atoms with Gasteiger partial charge in [-0.2, -0.15) is 5.26 Å². The molecular formula is C13H16ClN3O. The second-order valence-corrected chi connectivity index (χ2v) is 4.29. The van der Waals surface area contributed by atoms with Gasteiger partial charge in [0.1, 0.15) is 0 Å². The van der Waals surface area contributed by atoms with Crippen LogP contribution in [0.2, 0.25) is 5.02 Å². The zero-order valence-electron chi connectivity index (χ0n) is 10.5. The normalized spacial score (nSPS) is 11.4. The molecule has 0 saturated carbocycles. The van der Waals surface area contributed by atoms with Gasteiger partial charge in [0.05, 0.1) is 23.1 Å². The molecule has 1 rings (SSSR count). The van der Waals surface area contributed by atoms with Crippen molar-refractivity contribution >= 4 is 23.2 Å². The van der Waals surface area contributed by atoms with Crippen LogP contribution in [0.3, 0.4) is 0 Å². The van der Waals surface area contributed by atoms with E-state index >= 15 is 0 Å². The van der Waals surface area contributed by atoms with Crippen molar-refractivity contribution in [2.75, 3.05) is 12.4 Å². The predicted molar refractivity (Wildman–Crippen MR) is 72.8 cm³/mol. The molecule has 1 aromatic carbocycles. The van der Waals surface area contributed by atoms with Gasteiger partial charge in [-0.05, 0) is 24.6 Å². The third-order valence-electron chi connectivity index (χ3n) is 2.67. The van der Waals surface area contributed by atoms with Crippen molar-refractivity contribution in [3.05, 3.63) is 28.8 Å². The summed E-state index contributed by atoms with van der Waals surface area (Å²) in [6.45, 7) is 1.92. The Bertz CT molecular complexity index is 468. The third kappa shape index (κ3) is 3.64. The zero-order valence-corrected chi connectivity index (χ0v) is 11.2. The van der Waals surface area contributed by atoms with E-state index in [-0.39, 0.29) is 11.9 Å². The zero-order chi connectivity index (χ0) is 13.5. The van der Waals surface area contributed by atoms with Crippen molar-refractivity contribution in [3.63, 3.8) is 0 Å². The number of benzene rings is 1. The Kier molecular flexibility index (Phi) is 5.47. The molecule has 0 bridgehead atoms. The number of anilines is 1. The van der Waals surface area contributed by atoms with Crippen molar-refractivity contribution in [1.29, 1.82) is 5.26 Å². The van der Waals surface area contributed by atoms with Gasteiger partial charge in [-0.3, -0.25) is 4.79 Å². The van der Waals surface area contributed by atoms with E-state index < -0.39 is 0 Å². The summed E-state index contributed by atoms with van der Waals surface area (Å²) < 4.78 is 0. The highest BCUT2D eigenvalue weighted by molar-refractivity contribution is 6.34. The first-order valence-electron chi connectivity index (χ1n) is 5.77. The highest BCUT2D eigenvalue weighted by Gasteiger charge is 2.15. The number of carbonyl (C=O) groups is 1. The van der Waals surface area contributed by atoms with Gasteiger partial charge in [0.2, 0.25) is 0 Å². The van der Waals surface area contributed by atoms with E-state index in [2.05, 4.69) is 16.7 Å². The summed E-state index contributed by atoms with van der Waals surface area (Å²) >= 11 is 6.00. The number of halogens is 1. The second kappa shape index (κ2) is 6.87. The second-order valence-electron chi connectivity index (χ2n) is 3.89. The molecule has 0 saturated heterocycles. The Balaban J connectivity index is 2.86. The van der Waals surface area contributed by atoms with Gasteiger partial charge in [-0.25, -0.2) is 0 Å². The van der Waals surface area contributed by atoms with E-state index in [9.17, 15) is 4.79 Å². The Morgan fingerprint density at radius 2 is 2.28 bits per heavy atom. The van der Waals surface area contributed by atoms with Crippen LogP contribution >= 0.6 is 11.6 Å². The molecule has 4 nitrogen and oxygen atoms in total. The number of carbonyl (C=O) groups excluding carboxylic acids is 1. The number of hydrogen-bond acceptors (Lipinski definition) is 3. The average Bonchev–Trinajstić information content (AvgIpc) is 2.38. The van der Waals surface area contributed by atoms with Crippen molar-refractivity contribution in [2.45, 2.75) is 25.8 Å². The van der Waals surface area contributed by atoms with Crippen LogP contribution in [0, 0.1) is 11.3 Å². The van der Waals surface area contributed by atoms with Crippen molar-refractivity contribution < 1.29 is 4.79 Å². The van der Waals surface area contributed by atoms with Gasteiger partial charge in [-0.1, -0.05) is 18.5 Å². The van der Waals surface area contributed by atoms with Gasteiger partial charge >= 0.3 is 0 Å². The lowest BCUT2D eigenvalue weighted by Gasteiger charge is -2.14. The monoisotopic (exact) mass is 265 g/mol. The van der Waals surface area contributed by atoms with Crippen molar-refractivity contribution in [3.8, 4) is 6.07 Å². The van der Waals surface area contributed by atoms with E-state index in [1.165, 1.54) is 0 Å². The maximum absolute atomic E-state index is 12.0. The fraction of sp³-hybridized carbons (Fsp3) is 0.385. The fourth-order valence-electron chi connectivity index (χ4n) is 1.53. The molecule has 18 heavy (non-hydrogen) atoms. The smallest absolute Gasteiger partial charge is 0.253 e. The summed E-state index contributed by atoms with van der Waals surface area (Å²) in [5, 5.41) is 14.8. The minimum atomic E-state index is -0.251. The minimum absolute atomic E-state index is 0.142. The molecule has 0 aliphatic rings. The summed E-state index contributed by atoms with van der Waals surface area (Å²) in [7, 11) is 1.77. The first-order valence-corrected chi connectivity index (χ1v) is 6.15. The van der Waals surface area contributed by atoms with Crippen LogP contribution in [0.5, 0.6) is 0 Å². The maximum Gasteiger partial charge on any atom is 0.253 e. The number of rotatable bonds is 5. The molecule has 2 N–H and O–H groups in total. The van der Waals surface area contributed by atoms with Gasteiger partial charge in [0.15, 0.2) is 0 Å². The number of nitrogens with zero attached hydrogens (tertiary/aromatic N) is 1. The van der Waals surface area contributed by atoms with Crippen LogP contribution < -0.4 is 10.6 Å². The van der Waals surface area contributed by atoms with Crippen LogP contribution in [0.4, 0.5) is 5.69 Å². The Morgan fingerprint density at radius 1 is 1.56 bits per heavy atom. The topological polar surface area (TPSA) is 64.9 Å². The largest absolute Gasteiger partial charge is 0.388 e. The van der Waals surface area contributed by atoms with E-state index in [1.807, 2.05) is 6.92 Å². The Labute approximate surface area is 112 Å². The van der Waals surface area contributed by atoms with Crippen LogP contribution in [-0.4, -0.2) is 19.0 Å². The number of amides is 1.